The fourth-order valence-electron chi connectivity index (χ4n) is 0.718. The molecule has 0 saturated heterocycles. The van der Waals surface area contributed by atoms with E-state index in [0.29, 0.717) is 6.73 Å². The van der Waals surface area contributed by atoms with Crippen LogP contribution in [0.5, 0.6) is 0 Å². The lowest BCUT2D eigenvalue weighted by Crippen LogP contribution is -2.00. The summed E-state index contributed by atoms with van der Waals surface area (Å²) in [6.45, 7) is 3.48. The molecule has 0 atom stereocenters. The zero-order chi connectivity index (χ0) is 8.10. The van der Waals surface area contributed by atoms with E-state index in [4.69, 9.17) is 4.74 Å². The van der Waals surface area contributed by atoms with Gasteiger partial charge in [-0.05, 0) is 22.4 Å². The smallest absolute Gasteiger partial charge is 0.124 e. The zero-order valence-electron chi connectivity index (χ0n) is 6.46. The van der Waals surface area contributed by atoms with Crippen molar-refractivity contribution in [3.8, 4) is 0 Å². The van der Waals surface area contributed by atoms with Gasteiger partial charge in [-0.2, -0.15) is 0 Å². The topological polar surface area (TPSA) is 27.1 Å². The van der Waals surface area contributed by atoms with Gasteiger partial charge in [0.25, 0.3) is 0 Å². The summed E-state index contributed by atoms with van der Waals surface area (Å²) in [7, 11) is 0. The van der Waals surface area contributed by atoms with Gasteiger partial charge in [0, 0.05) is 12.8 Å². The third-order valence-corrected chi connectivity index (χ3v) is 1.60. The summed E-state index contributed by atoms with van der Waals surface area (Å²) in [6.07, 6.45) is 4.67. The molecule has 0 aliphatic heterocycles. The average molecular weight is 219 g/mol. The lowest BCUT2D eigenvalue weighted by molar-refractivity contribution is 0.0774. The maximum atomic E-state index is 5.28. The molecule has 1 aromatic rings. The van der Waals surface area contributed by atoms with Gasteiger partial charge in [-0.3, -0.25) is 0 Å². The number of nitrogens with zero attached hydrogens (tertiary/aromatic N) is 2. The van der Waals surface area contributed by atoms with E-state index >= 15 is 0 Å². The van der Waals surface area contributed by atoms with Gasteiger partial charge in [-0.1, -0.05) is 6.92 Å². The normalized spacial score (nSPS) is 10.4. The second-order valence-electron chi connectivity index (χ2n) is 2.25. The highest BCUT2D eigenvalue weighted by molar-refractivity contribution is 9.10. The molecular weight excluding hydrogens is 208 g/mol. The molecule has 1 heterocycles. The molecule has 4 heteroatoms. The lowest BCUT2D eigenvalue weighted by Gasteiger charge is -2.01. The van der Waals surface area contributed by atoms with Gasteiger partial charge in [-0.15, -0.1) is 0 Å². The Morgan fingerprint density at radius 2 is 2.55 bits per heavy atom. The van der Waals surface area contributed by atoms with E-state index in [9.17, 15) is 0 Å². The molecule has 0 aliphatic carbocycles. The first-order chi connectivity index (χ1) is 5.33. The molecular formula is C7H11BrN2O. The molecule has 1 aromatic heterocycles. The van der Waals surface area contributed by atoms with Gasteiger partial charge in [0.1, 0.15) is 11.3 Å². The number of imidazole rings is 1. The van der Waals surface area contributed by atoms with Crippen molar-refractivity contribution in [3.63, 3.8) is 0 Å². The Hall–Kier alpha value is -0.350. The largest absolute Gasteiger partial charge is 0.361 e. The Morgan fingerprint density at radius 1 is 1.73 bits per heavy atom. The Labute approximate surface area is 74.5 Å². The fraction of sp³-hybridized carbons (Fsp3) is 0.571. The van der Waals surface area contributed by atoms with Gasteiger partial charge < -0.3 is 9.30 Å². The van der Waals surface area contributed by atoms with Gasteiger partial charge in [-0.25, -0.2) is 4.98 Å². The summed E-state index contributed by atoms with van der Waals surface area (Å²) >= 11 is 3.25. The van der Waals surface area contributed by atoms with Crippen LogP contribution in [0.15, 0.2) is 17.1 Å². The Morgan fingerprint density at radius 3 is 3.09 bits per heavy atom. The van der Waals surface area contributed by atoms with Crippen molar-refractivity contribution >= 4 is 15.9 Å². The van der Waals surface area contributed by atoms with Gasteiger partial charge in [0.2, 0.25) is 0 Å². The van der Waals surface area contributed by atoms with E-state index in [2.05, 4.69) is 27.8 Å². The summed E-state index contributed by atoms with van der Waals surface area (Å²) in [6, 6.07) is 0. The molecule has 0 aliphatic rings. The predicted octanol–water partition coefficient (Wildman–Crippen LogP) is 2.03. The van der Waals surface area contributed by atoms with E-state index < -0.39 is 0 Å². The summed E-state index contributed by atoms with van der Waals surface area (Å²) in [4.78, 5) is 3.99. The molecule has 62 valence electrons. The Kier molecular flexibility index (Phi) is 3.59. The van der Waals surface area contributed by atoms with Crippen molar-refractivity contribution in [2.45, 2.75) is 20.1 Å². The van der Waals surface area contributed by atoms with Crippen molar-refractivity contribution in [3.05, 3.63) is 17.1 Å². The molecule has 0 spiro atoms. The number of halogens is 1. The van der Waals surface area contributed by atoms with Crippen LogP contribution in [-0.2, 0) is 11.5 Å². The molecule has 0 aromatic carbocycles. The minimum Gasteiger partial charge on any atom is -0.361 e. The number of hydrogen-bond donors (Lipinski definition) is 0. The van der Waals surface area contributed by atoms with Crippen molar-refractivity contribution in [1.82, 2.24) is 9.55 Å². The highest BCUT2D eigenvalue weighted by Gasteiger charge is 1.92. The summed E-state index contributed by atoms with van der Waals surface area (Å²) in [5.74, 6) is 0. The lowest BCUT2D eigenvalue weighted by atomic mass is 10.5. The molecule has 0 bridgehead atoms. The van der Waals surface area contributed by atoms with Crippen LogP contribution in [0.3, 0.4) is 0 Å². The van der Waals surface area contributed by atoms with Crippen molar-refractivity contribution in [2.75, 3.05) is 6.61 Å². The predicted molar refractivity (Wildman–Crippen MR) is 46.2 cm³/mol. The van der Waals surface area contributed by atoms with E-state index in [1.165, 1.54) is 0 Å². The quantitative estimate of drug-likeness (QED) is 0.724. The highest BCUT2D eigenvalue weighted by atomic mass is 79.9. The monoisotopic (exact) mass is 218 g/mol. The number of hydrogen-bond acceptors (Lipinski definition) is 2. The van der Waals surface area contributed by atoms with Gasteiger partial charge >= 0.3 is 0 Å². The average Bonchev–Trinajstić information content (AvgIpc) is 2.37. The van der Waals surface area contributed by atoms with Crippen LogP contribution in [0.2, 0.25) is 0 Å². The van der Waals surface area contributed by atoms with Gasteiger partial charge in [0.15, 0.2) is 0 Å². The summed E-state index contributed by atoms with van der Waals surface area (Å²) < 4.78 is 8.02. The number of aromatic nitrogens is 2. The van der Waals surface area contributed by atoms with Crippen LogP contribution in [0.25, 0.3) is 0 Å². The fourth-order valence-corrected chi connectivity index (χ4v) is 1.07. The molecule has 0 saturated carbocycles. The first kappa shape index (κ1) is 8.74. The van der Waals surface area contributed by atoms with Crippen LogP contribution in [-0.4, -0.2) is 16.2 Å². The number of rotatable bonds is 4. The van der Waals surface area contributed by atoms with E-state index in [0.717, 1.165) is 17.6 Å². The van der Waals surface area contributed by atoms with Crippen molar-refractivity contribution < 1.29 is 4.74 Å². The van der Waals surface area contributed by atoms with Crippen LogP contribution >= 0.6 is 15.9 Å². The standard InChI is InChI=1S/C7H11BrN2O/c1-2-3-11-6-10-4-7(8)9-5-10/h4-5H,2-3,6H2,1H3. The van der Waals surface area contributed by atoms with Crippen LogP contribution < -0.4 is 0 Å². The first-order valence-electron chi connectivity index (χ1n) is 3.58. The molecule has 0 N–H and O–H groups in total. The van der Waals surface area contributed by atoms with Crippen LogP contribution in [0.4, 0.5) is 0 Å². The minimum absolute atomic E-state index is 0.590. The molecule has 0 radical (unpaired) electrons. The van der Waals surface area contributed by atoms with Crippen LogP contribution in [0, 0.1) is 0 Å². The first-order valence-corrected chi connectivity index (χ1v) is 4.37. The zero-order valence-corrected chi connectivity index (χ0v) is 8.04. The Balaban J connectivity index is 2.27. The van der Waals surface area contributed by atoms with E-state index in [1.54, 1.807) is 6.33 Å². The second kappa shape index (κ2) is 4.51. The molecule has 0 amide bonds. The molecule has 1 rings (SSSR count). The van der Waals surface area contributed by atoms with Crippen molar-refractivity contribution in [1.29, 1.82) is 0 Å². The highest BCUT2D eigenvalue weighted by Crippen LogP contribution is 2.03. The second-order valence-corrected chi connectivity index (χ2v) is 3.06. The molecule has 3 nitrogen and oxygen atoms in total. The third-order valence-electron chi connectivity index (χ3n) is 1.19. The molecule has 11 heavy (non-hydrogen) atoms. The molecule has 0 fully saturated rings. The minimum atomic E-state index is 0.590. The maximum Gasteiger partial charge on any atom is 0.124 e. The van der Waals surface area contributed by atoms with E-state index in [1.807, 2.05) is 10.8 Å². The third kappa shape index (κ3) is 3.03. The summed E-state index contributed by atoms with van der Waals surface area (Å²) in [5, 5.41) is 0. The maximum absolute atomic E-state index is 5.28. The number of ether oxygens (including phenoxy) is 1. The van der Waals surface area contributed by atoms with Crippen LogP contribution in [0.1, 0.15) is 13.3 Å². The summed E-state index contributed by atoms with van der Waals surface area (Å²) in [5.41, 5.74) is 0. The SMILES string of the molecule is CCCOCn1cnc(Br)c1. The van der Waals surface area contributed by atoms with Crippen molar-refractivity contribution in [2.24, 2.45) is 0 Å². The van der Waals surface area contributed by atoms with E-state index in [-0.39, 0.29) is 0 Å². The molecule has 0 unspecified atom stereocenters. The van der Waals surface area contributed by atoms with Gasteiger partial charge in [0.05, 0.1) is 6.33 Å². The Bertz CT molecular complexity index is 212.